The number of rotatable bonds is 6. The molecular formula is C18H20N2O2. The summed E-state index contributed by atoms with van der Waals surface area (Å²) >= 11 is 0. The van der Waals surface area contributed by atoms with Crippen LogP contribution in [0.4, 0.5) is 5.69 Å². The number of aromatic hydroxyl groups is 1. The van der Waals surface area contributed by atoms with Crippen molar-refractivity contribution in [2.75, 3.05) is 25.0 Å². The normalized spacial score (nSPS) is 12.7. The predicted molar refractivity (Wildman–Crippen MR) is 87.6 cm³/mol. The second-order valence-corrected chi connectivity index (χ2v) is 5.57. The lowest BCUT2D eigenvalue weighted by atomic mass is 10.1. The van der Waals surface area contributed by atoms with E-state index in [0.29, 0.717) is 6.54 Å². The lowest BCUT2D eigenvalue weighted by molar-refractivity contribution is 0.0991. The van der Waals surface area contributed by atoms with Gasteiger partial charge in [-0.2, -0.15) is 0 Å². The van der Waals surface area contributed by atoms with Crippen LogP contribution in [0.3, 0.4) is 0 Å². The Morgan fingerprint density at radius 2 is 2.00 bits per heavy atom. The van der Waals surface area contributed by atoms with Gasteiger partial charge < -0.3 is 15.7 Å². The SMILES string of the molecule is O=C(CNCCc1ccc(O)cc1)c1ccc2c(c1)CCN2. The molecule has 0 bridgehead atoms. The first kappa shape index (κ1) is 14.6. The van der Waals surface area contributed by atoms with Crippen molar-refractivity contribution in [2.24, 2.45) is 0 Å². The third-order valence-corrected chi connectivity index (χ3v) is 3.95. The third kappa shape index (κ3) is 3.46. The molecule has 0 amide bonds. The number of fused-ring (bicyclic) bond motifs is 1. The van der Waals surface area contributed by atoms with Crippen LogP contribution in [0.25, 0.3) is 0 Å². The van der Waals surface area contributed by atoms with Gasteiger partial charge in [0.1, 0.15) is 5.75 Å². The van der Waals surface area contributed by atoms with Gasteiger partial charge in [0, 0.05) is 17.8 Å². The topological polar surface area (TPSA) is 61.4 Å². The highest BCUT2D eigenvalue weighted by Gasteiger charge is 2.13. The maximum atomic E-state index is 12.2. The summed E-state index contributed by atoms with van der Waals surface area (Å²) in [6.07, 6.45) is 1.83. The zero-order chi connectivity index (χ0) is 15.4. The number of hydrogen-bond acceptors (Lipinski definition) is 4. The Balaban J connectivity index is 1.47. The van der Waals surface area contributed by atoms with Gasteiger partial charge in [-0.15, -0.1) is 0 Å². The fraction of sp³-hybridized carbons (Fsp3) is 0.278. The van der Waals surface area contributed by atoms with Gasteiger partial charge in [-0.25, -0.2) is 0 Å². The zero-order valence-corrected chi connectivity index (χ0v) is 12.4. The summed E-state index contributed by atoms with van der Waals surface area (Å²) in [5.41, 5.74) is 4.30. The van der Waals surface area contributed by atoms with Crippen molar-refractivity contribution in [3.05, 3.63) is 59.2 Å². The minimum atomic E-state index is 0.125. The highest BCUT2D eigenvalue weighted by molar-refractivity contribution is 5.98. The molecule has 0 unspecified atom stereocenters. The molecule has 0 spiro atoms. The van der Waals surface area contributed by atoms with Crippen molar-refractivity contribution in [3.63, 3.8) is 0 Å². The lowest BCUT2D eigenvalue weighted by Crippen LogP contribution is -2.25. The number of nitrogens with one attached hydrogen (secondary N) is 2. The van der Waals surface area contributed by atoms with Crippen LogP contribution in [0, 0.1) is 0 Å². The van der Waals surface area contributed by atoms with E-state index in [4.69, 9.17) is 0 Å². The third-order valence-electron chi connectivity index (χ3n) is 3.95. The molecule has 114 valence electrons. The number of hydrogen-bond donors (Lipinski definition) is 3. The van der Waals surface area contributed by atoms with E-state index >= 15 is 0 Å². The Hall–Kier alpha value is -2.33. The molecule has 2 aromatic rings. The molecule has 0 aliphatic carbocycles. The van der Waals surface area contributed by atoms with Crippen molar-refractivity contribution in [1.29, 1.82) is 0 Å². The Morgan fingerprint density at radius 3 is 2.82 bits per heavy atom. The number of ketones is 1. The largest absolute Gasteiger partial charge is 0.508 e. The molecule has 0 saturated heterocycles. The van der Waals surface area contributed by atoms with E-state index in [-0.39, 0.29) is 11.5 Å². The molecule has 1 aliphatic rings. The Labute approximate surface area is 130 Å². The standard InChI is InChI=1S/C18H20N2O2/c21-16-4-1-13(2-5-16)7-9-19-12-18(22)15-3-6-17-14(11-15)8-10-20-17/h1-6,11,19-21H,7-10,12H2. The average molecular weight is 296 g/mol. The first-order chi connectivity index (χ1) is 10.7. The van der Waals surface area contributed by atoms with Crippen LogP contribution in [-0.4, -0.2) is 30.5 Å². The molecule has 1 aliphatic heterocycles. The van der Waals surface area contributed by atoms with Crippen LogP contribution in [0.2, 0.25) is 0 Å². The molecule has 22 heavy (non-hydrogen) atoms. The van der Waals surface area contributed by atoms with Crippen molar-refractivity contribution < 1.29 is 9.90 Å². The maximum absolute atomic E-state index is 12.2. The number of phenolic OH excluding ortho intramolecular Hbond substituents is 1. The first-order valence-electron chi connectivity index (χ1n) is 7.61. The van der Waals surface area contributed by atoms with Gasteiger partial charge in [0.05, 0.1) is 6.54 Å². The van der Waals surface area contributed by atoms with Crippen molar-refractivity contribution in [3.8, 4) is 5.75 Å². The van der Waals surface area contributed by atoms with Gasteiger partial charge >= 0.3 is 0 Å². The summed E-state index contributed by atoms with van der Waals surface area (Å²) < 4.78 is 0. The van der Waals surface area contributed by atoms with Gasteiger partial charge in [-0.05, 0) is 60.8 Å². The molecule has 0 radical (unpaired) electrons. The number of phenols is 1. The van der Waals surface area contributed by atoms with Crippen LogP contribution in [-0.2, 0) is 12.8 Å². The van der Waals surface area contributed by atoms with Crippen LogP contribution < -0.4 is 10.6 Å². The summed E-state index contributed by atoms with van der Waals surface area (Å²) in [6.45, 7) is 2.05. The number of carbonyl (C=O) groups excluding carboxylic acids is 1. The van der Waals surface area contributed by atoms with Crippen molar-refractivity contribution >= 4 is 11.5 Å². The molecule has 0 fully saturated rings. The monoisotopic (exact) mass is 296 g/mol. The van der Waals surface area contributed by atoms with Gasteiger partial charge in [0.2, 0.25) is 0 Å². The molecular weight excluding hydrogens is 276 g/mol. The smallest absolute Gasteiger partial charge is 0.176 e. The van der Waals surface area contributed by atoms with E-state index in [1.807, 2.05) is 30.3 Å². The first-order valence-corrected chi connectivity index (χ1v) is 7.61. The molecule has 0 aromatic heterocycles. The molecule has 4 nitrogen and oxygen atoms in total. The van der Waals surface area contributed by atoms with E-state index < -0.39 is 0 Å². The fourth-order valence-corrected chi connectivity index (χ4v) is 2.68. The number of carbonyl (C=O) groups is 1. The van der Waals surface area contributed by atoms with Crippen LogP contribution in [0.1, 0.15) is 21.5 Å². The van der Waals surface area contributed by atoms with Crippen molar-refractivity contribution in [2.45, 2.75) is 12.8 Å². The van der Waals surface area contributed by atoms with E-state index in [2.05, 4.69) is 10.6 Å². The van der Waals surface area contributed by atoms with E-state index in [9.17, 15) is 9.90 Å². The molecule has 3 N–H and O–H groups in total. The van der Waals surface area contributed by atoms with Gasteiger partial charge in [-0.3, -0.25) is 4.79 Å². The van der Waals surface area contributed by atoms with Gasteiger partial charge in [0.15, 0.2) is 5.78 Å². The quantitative estimate of drug-likeness (QED) is 0.566. The summed E-state index contributed by atoms with van der Waals surface area (Å²) in [4.78, 5) is 12.2. The number of anilines is 1. The number of benzene rings is 2. The highest BCUT2D eigenvalue weighted by Crippen LogP contribution is 2.23. The van der Waals surface area contributed by atoms with E-state index in [1.165, 1.54) is 5.56 Å². The summed E-state index contributed by atoms with van der Waals surface area (Å²) in [6, 6.07) is 13.0. The fourth-order valence-electron chi connectivity index (χ4n) is 2.68. The van der Waals surface area contributed by atoms with Crippen molar-refractivity contribution in [1.82, 2.24) is 5.32 Å². The minimum absolute atomic E-state index is 0.125. The Kier molecular flexibility index (Phi) is 4.39. The Morgan fingerprint density at radius 1 is 1.18 bits per heavy atom. The summed E-state index contributed by atoms with van der Waals surface area (Å²) in [5, 5.41) is 15.7. The minimum Gasteiger partial charge on any atom is -0.508 e. The molecule has 4 heteroatoms. The highest BCUT2D eigenvalue weighted by atomic mass is 16.3. The van der Waals surface area contributed by atoms with E-state index in [1.54, 1.807) is 12.1 Å². The molecule has 2 aromatic carbocycles. The summed E-state index contributed by atoms with van der Waals surface area (Å²) in [7, 11) is 0. The molecule has 0 atom stereocenters. The zero-order valence-electron chi connectivity index (χ0n) is 12.4. The van der Waals surface area contributed by atoms with Gasteiger partial charge in [0.25, 0.3) is 0 Å². The molecule has 1 heterocycles. The lowest BCUT2D eigenvalue weighted by Gasteiger charge is -2.06. The Bertz CT molecular complexity index is 665. The molecule has 3 rings (SSSR count). The number of Topliss-reactive ketones (excluding diaryl/α,β-unsaturated/α-hetero) is 1. The van der Waals surface area contributed by atoms with Crippen LogP contribution >= 0.6 is 0 Å². The summed E-state index contributed by atoms with van der Waals surface area (Å²) in [5.74, 6) is 0.401. The van der Waals surface area contributed by atoms with Crippen LogP contribution in [0.15, 0.2) is 42.5 Å². The maximum Gasteiger partial charge on any atom is 0.176 e. The van der Waals surface area contributed by atoms with E-state index in [0.717, 1.165) is 42.7 Å². The predicted octanol–water partition coefficient (Wildman–Crippen LogP) is 2.38. The second-order valence-electron chi connectivity index (χ2n) is 5.57. The second kappa shape index (κ2) is 6.62. The average Bonchev–Trinajstić information content (AvgIpc) is 3.00. The van der Waals surface area contributed by atoms with Crippen LogP contribution in [0.5, 0.6) is 5.75 Å². The molecule has 0 saturated carbocycles. The van der Waals surface area contributed by atoms with Gasteiger partial charge in [-0.1, -0.05) is 12.1 Å².